The Morgan fingerprint density at radius 1 is 1.09 bits per heavy atom. The first-order valence-corrected chi connectivity index (χ1v) is 7.36. The molecule has 0 saturated heterocycles. The lowest BCUT2D eigenvalue weighted by atomic mass is 10.1. The van der Waals surface area contributed by atoms with Gasteiger partial charge in [-0.05, 0) is 45.8 Å². The number of hydrogen-bond acceptors (Lipinski definition) is 3. The quantitative estimate of drug-likeness (QED) is 0.821. The van der Waals surface area contributed by atoms with Gasteiger partial charge >= 0.3 is 0 Å². The fourth-order valence-electron chi connectivity index (χ4n) is 1.85. The maximum absolute atomic E-state index is 11.9. The van der Waals surface area contributed by atoms with Gasteiger partial charge in [0.2, 0.25) is 5.91 Å². The summed E-state index contributed by atoms with van der Waals surface area (Å²) in [6.45, 7) is 0. The third-order valence-corrected chi connectivity index (χ3v) is 3.62. The van der Waals surface area contributed by atoms with E-state index in [1.165, 1.54) is 0 Å². The number of carbonyl (C=O) groups excluding carboxylic acids is 2. The monoisotopic (exact) mass is 362 g/mol. The molecule has 0 heterocycles. The highest BCUT2D eigenvalue weighted by Gasteiger charge is 2.10. The Hall–Kier alpha value is -2.34. The summed E-state index contributed by atoms with van der Waals surface area (Å²) in [7, 11) is 1.57. The number of nitrogens with one attached hydrogen (secondary N) is 2. The Bertz CT molecular complexity index is 689. The standard InChI is InChI=1S/C16H15BrN2O3/c1-22-12-6-4-5-11(9-12)10-15(20)18-19-16(21)13-7-2-3-8-14(13)17/h2-9H,10H2,1H3,(H,18,20)(H,19,21). The summed E-state index contributed by atoms with van der Waals surface area (Å²) in [6.07, 6.45) is 0.146. The zero-order valence-corrected chi connectivity index (χ0v) is 13.5. The van der Waals surface area contributed by atoms with Crippen molar-refractivity contribution in [3.8, 4) is 5.75 Å². The van der Waals surface area contributed by atoms with Crippen LogP contribution in [0.2, 0.25) is 0 Å². The molecule has 114 valence electrons. The van der Waals surface area contributed by atoms with Crippen LogP contribution in [0.4, 0.5) is 0 Å². The van der Waals surface area contributed by atoms with Crippen molar-refractivity contribution in [3.05, 3.63) is 64.1 Å². The van der Waals surface area contributed by atoms with Gasteiger partial charge in [-0.2, -0.15) is 0 Å². The molecule has 0 unspecified atom stereocenters. The molecule has 2 rings (SSSR count). The molecule has 0 saturated carbocycles. The Balaban J connectivity index is 1.90. The average molecular weight is 363 g/mol. The maximum Gasteiger partial charge on any atom is 0.270 e. The number of methoxy groups -OCH3 is 1. The highest BCUT2D eigenvalue weighted by Crippen LogP contribution is 2.15. The molecular weight excluding hydrogens is 348 g/mol. The van der Waals surface area contributed by atoms with Gasteiger partial charge in [0.05, 0.1) is 19.1 Å². The smallest absolute Gasteiger partial charge is 0.270 e. The van der Waals surface area contributed by atoms with Gasteiger partial charge in [-0.3, -0.25) is 20.4 Å². The van der Waals surface area contributed by atoms with E-state index >= 15 is 0 Å². The van der Waals surface area contributed by atoms with Crippen LogP contribution in [0.3, 0.4) is 0 Å². The number of rotatable bonds is 4. The van der Waals surface area contributed by atoms with Gasteiger partial charge in [0.25, 0.3) is 5.91 Å². The van der Waals surface area contributed by atoms with Crippen molar-refractivity contribution >= 4 is 27.7 Å². The summed E-state index contributed by atoms with van der Waals surface area (Å²) in [6, 6.07) is 14.2. The number of halogens is 1. The minimum Gasteiger partial charge on any atom is -0.497 e. The first-order chi connectivity index (χ1) is 10.6. The molecular formula is C16H15BrN2O3. The van der Waals surface area contributed by atoms with Crippen molar-refractivity contribution in [1.82, 2.24) is 10.9 Å². The Morgan fingerprint density at radius 2 is 1.86 bits per heavy atom. The number of hydrogen-bond donors (Lipinski definition) is 2. The fourth-order valence-corrected chi connectivity index (χ4v) is 2.32. The normalized spacial score (nSPS) is 9.91. The van der Waals surface area contributed by atoms with Crippen molar-refractivity contribution in [2.75, 3.05) is 7.11 Å². The lowest BCUT2D eigenvalue weighted by Gasteiger charge is -2.09. The second kappa shape index (κ2) is 7.61. The largest absolute Gasteiger partial charge is 0.497 e. The van der Waals surface area contributed by atoms with Gasteiger partial charge in [0.1, 0.15) is 5.75 Å². The lowest BCUT2D eigenvalue weighted by Crippen LogP contribution is -2.42. The van der Waals surface area contributed by atoms with E-state index in [2.05, 4.69) is 26.8 Å². The van der Waals surface area contributed by atoms with Crippen LogP contribution < -0.4 is 15.6 Å². The summed E-state index contributed by atoms with van der Waals surface area (Å²) >= 11 is 3.29. The van der Waals surface area contributed by atoms with Crippen LogP contribution in [0.25, 0.3) is 0 Å². The van der Waals surface area contributed by atoms with E-state index in [-0.39, 0.29) is 18.2 Å². The zero-order chi connectivity index (χ0) is 15.9. The van der Waals surface area contributed by atoms with E-state index in [4.69, 9.17) is 4.74 Å². The van der Waals surface area contributed by atoms with E-state index in [9.17, 15) is 9.59 Å². The second-order valence-corrected chi connectivity index (χ2v) is 5.36. The van der Waals surface area contributed by atoms with Crippen LogP contribution in [0.1, 0.15) is 15.9 Å². The highest BCUT2D eigenvalue weighted by molar-refractivity contribution is 9.10. The fraction of sp³-hybridized carbons (Fsp3) is 0.125. The SMILES string of the molecule is COc1cccc(CC(=O)NNC(=O)c2ccccc2Br)c1. The molecule has 0 bridgehead atoms. The number of amides is 2. The predicted octanol–water partition coefficient (Wildman–Crippen LogP) is 2.46. The van der Waals surface area contributed by atoms with E-state index in [0.717, 1.165) is 5.56 Å². The summed E-state index contributed by atoms with van der Waals surface area (Å²) in [5.74, 6) is -0.0114. The van der Waals surface area contributed by atoms with E-state index < -0.39 is 0 Å². The maximum atomic E-state index is 11.9. The molecule has 2 N–H and O–H groups in total. The second-order valence-electron chi connectivity index (χ2n) is 4.51. The van der Waals surface area contributed by atoms with Crippen LogP contribution >= 0.6 is 15.9 Å². The lowest BCUT2D eigenvalue weighted by molar-refractivity contribution is -0.121. The van der Waals surface area contributed by atoms with Crippen molar-refractivity contribution in [1.29, 1.82) is 0 Å². The first kappa shape index (κ1) is 16.0. The average Bonchev–Trinajstić information content (AvgIpc) is 2.53. The topological polar surface area (TPSA) is 67.4 Å². The first-order valence-electron chi connectivity index (χ1n) is 6.57. The van der Waals surface area contributed by atoms with Crippen LogP contribution in [0.5, 0.6) is 5.75 Å². The summed E-state index contributed by atoms with van der Waals surface area (Å²) in [4.78, 5) is 23.8. The van der Waals surface area contributed by atoms with Gasteiger partial charge < -0.3 is 4.74 Å². The molecule has 0 radical (unpaired) electrons. The Labute approximate surface area is 136 Å². The molecule has 0 aromatic heterocycles. The molecule has 0 aliphatic rings. The minimum absolute atomic E-state index is 0.146. The molecule has 2 aromatic carbocycles. The third kappa shape index (κ3) is 4.33. The predicted molar refractivity (Wildman–Crippen MR) is 86.4 cm³/mol. The summed E-state index contributed by atoms with van der Waals surface area (Å²) in [5, 5.41) is 0. The van der Waals surface area contributed by atoms with Crippen molar-refractivity contribution in [2.24, 2.45) is 0 Å². The number of hydrazine groups is 1. The molecule has 6 heteroatoms. The molecule has 2 amide bonds. The molecule has 0 aliphatic heterocycles. The molecule has 2 aromatic rings. The number of carbonyl (C=O) groups is 2. The van der Waals surface area contributed by atoms with Crippen LogP contribution in [0.15, 0.2) is 53.0 Å². The van der Waals surface area contributed by atoms with Crippen molar-refractivity contribution in [2.45, 2.75) is 6.42 Å². The third-order valence-electron chi connectivity index (χ3n) is 2.93. The molecule has 5 nitrogen and oxygen atoms in total. The summed E-state index contributed by atoms with van der Waals surface area (Å²) in [5.41, 5.74) is 6.03. The molecule has 22 heavy (non-hydrogen) atoms. The van der Waals surface area contributed by atoms with Gasteiger partial charge in [-0.15, -0.1) is 0 Å². The van der Waals surface area contributed by atoms with Gasteiger partial charge in [0, 0.05) is 4.47 Å². The molecule has 0 spiro atoms. The van der Waals surface area contributed by atoms with Crippen LogP contribution in [0, 0.1) is 0 Å². The number of benzene rings is 2. The van der Waals surface area contributed by atoms with Gasteiger partial charge in [-0.25, -0.2) is 0 Å². The van der Waals surface area contributed by atoms with E-state index in [1.54, 1.807) is 43.5 Å². The van der Waals surface area contributed by atoms with E-state index in [1.807, 2.05) is 12.1 Å². The van der Waals surface area contributed by atoms with Crippen molar-refractivity contribution in [3.63, 3.8) is 0 Å². The molecule has 0 aliphatic carbocycles. The molecule has 0 fully saturated rings. The summed E-state index contributed by atoms with van der Waals surface area (Å²) < 4.78 is 5.76. The zero-order valence-electron chi connectivity index (χ0n) is 11.9. The molecule has 0 atom stereocenters. The number of ether oxygens (including phenoxy) is 1. The Kier molecular flexibility index (Phi) is 5.55. The van der Waals surface area contributed by atoms with Gasteiger partial charge in [0.15, 0.2) is 0 Å². The Morgan fingerprint density at radius 3 is 2.59 bits per heavy atom. The van der Waals surface area contributed by atoms with Crippen LogP contribution in [-0.2, 0) is 11.2 Å². The van der Waals surface area contributed by atoms with Crippen LogP contribution in [-0.4, -0.2) is 18.9 Å². The highest BCUT2D eigenvalue weighted by atomic mass is 79.9. The minimum atomic E-state index is -0.383. The van der Waals surface area contributed by atoms with E-state index in [0.29, 0.717) is 15.8 Å². The van der Waals surface area contributed by atoms with Crippen molar-refractivity contribution < 1.29 is 14.3 Å². The van der Waals surface area contributed by atoms with Gasteiger partial charge in [-0.1, -0.05) is 24.3 Å².